The van der Waals surface area contributed by atoms with E-state index >= 15 is 0 Å². The van der Waals surface area contributed by atoms with Crippen LogP contribution in [0.4, 0.5) is 5.69 Å². The van der Waals surface area contributed by atoms with Crippen molar-refractivity contribution in [2.45, 2.75) is 19.8 Å². The van der Waals surface area contributed by atoms with E-state index in [9.17, 15) is 0 Å². The summed E-state index contributed by atoms with van der Waals surface area (Å²) < 4.78 is 0. The van der Waals surface area contributed by atoms with Crippen LogP contribution in [0.15, 0.2) is 53.8 Å². The van der Waals surface area contributed by atoms with Crippen LogP contribution >= 0.6 is 0 Å². The SMILES string of the molecule is CCC1=CC(Nc2ccccc2)=CCC1=[N+]=[N-]. The van der Waals surface area contributed by atoms with E-state index in [1.165, 1.54) is 0 Å². The number of para-hydroxylation sites is 1. The Kier molecular flexibility index (Phi) is 3.53. The van der Waals surface area contributed by atoms with E-state index in [0.29, 0.717) is 6.42 Å². The molecule has 2 rings (SSSR count). The summed E-state index contributed by atoms with van der Waals surface area (Å²) in [5.74, 6) is 0. The van der Waals surface area contributed by atoms with Gasteiger partial charge in [-0.15, -0.1) is 0 Å². The van der Waals surface area contributed by atoms with Crippen molar-refractivity contribution in [1.82, 2.24) is 0 Å². The van der Waals surface area contributed by atoms with Crippen LogP contribution in [0, 0.1) is 0 Å². The van der Waals surface area contributed by atoms with Crippen molar-refractivity contribution in [2.24, 2.45) is 0 Å². The lowest BCUT2D eigenvalue weighted by Gasteiger charge is -2.12. The molecule has 0 aromatic heterocycles. The molecule has 86 valence electrons. The van der Waals surface area contributed by atoms with E-state index in [1.54, 1.807) is 0 Å². The second-order valence-electron chi connectivity index (χ2n) is 3.92. The first kappa shape index (κ1) is 11.4. The van der Waals surface area contributed by atoms with Gasteiger partial charge in [0.15, 0.2) is 0 Å². The molecule has 3 nitrogen and oxygen atoms in total. The zero-order chi connectivity index (χ0) is 12.1. The maximum Gasteiger partial charge on any atom is 0.299 e. The summed E-state index contributed by atoms with van der Waals surface area (Å²) in [7, 11) is 0. The summed E-state index contributed by atoms with van der Waals surface area (Å²) in [5, 5.41) is 3.34. The Morgan fingerprint density at radius 1 is 1.29 bits per heavy atom. The topological polar surface area (TPSA) is 48.4 Å². The smallest absolute Gasteiger partial charge is 0.299 e. The lowest BCUT2D eigenvalue weighted by molar-refractivity contribution is -0.00668. The van der Waals surface area contributed by atoms with Crippen molar-refractivity contribution in [3.63, 3.8) is 0 Å². The highest BCUT2D eigenvalue weighted by molar-refractivity contribution is 5.98. The molecule has 1 aliphatic rings. The minimum absolute atomic E-state index is 0.672. The number of hydrogen-bond donors (Lipinski definition) is 1. The second kappa shape index (κ2) is 5.28. The first-order chi connectivity index (χ1) is 8.33. The highest BCUT2D eigenvalue weighted by Crippen LogP contribution is 2.19. The quantitative estimate of drug-likeness (QED) is 0.622. The monoisotopic (exact) mass is 225 g/mol. The summed E-state index contributed by atoms with van der Waals surface area (Å²) in [6.07, 6.45) is 5.60. The van der Waals surface area contributed by atoms with Crippen LogP contribution in [0.2, 0.25) is 0 Å². The van der Waals surface area contributed by atoms with Crippen LogP contribution < -0.4 is 5.32 Å². The van der Waals surface area contributed by atoms with Gasteiger partial charge in [-0.2, -0.15) is 4.79 Å². The lowest BCUT2D eigenvalue weighted by Crippen LogP contribution is -2.10. The molecule has 0 fully saturated rings. The van der Waals surface area contributed by atoms with Gasteiger partial charge < -0.3 is 10.8 Å². The lowest BCUT2D eigenvalue weighted by atomic mass is 9.98. The van der Waals surface area contributed by atoms with Crippen molar-refractivity contribution >= 4 is 11.4 Å². The maximum atomic E-state index is 8.87. The fourth-order valence-corrected chi connectivity index (χ4v) is 1.85. The minimum Gasteiger partial charge on any atom is -0.361 e. The number of nitrogens with zero attached hydrogens (tertiary/aromatic N) is 2. The number of nitrogens with one attached hydrogen (secondary N) is 1. The van der Waals surface area contributed by atoms with Gasteiger partial charge in [-0.05, 0) is 30.7 Å². The molecule has 0 bridgehead atoms. The predicted octanol–water partition coefficient (Wildman–Crippen LogP) is 3.39. The predicted molar refractivity (Wildman–Crippen MR) is 69.8 cm³/mol. The molecule has 0 radical (unpaired) electrons. The van der Waals surface area contributed by atoms with Crippen molar-refractivity contribution in [3.05, 3.63) is 59.3 Å². The fourth-order valence-electron chi connectivity index (χ4n) is 1.85. The van der Waals surface area contributed by atoms with Gasteiger partial charge in [-0.1, -0.05) is 25.1 Å². The van der Waals surface area contributed by atoms with Gasteiger partial charge in [0.2, 0.25) is 0 Å². The molecule has 1 aromatic carbocycles. The fraction of sp³-hybridized carbons (Fsp3) is 0.214. The number of allylic oxidation sites excluding steroid dienone is 3. The second-order valence-corrected chi connectivity index (χ2v) is 3.92. The molecule has 0 heterocycles. The summed E-state index contributed by atoms with van der Waals surface area (Å²) >= 11 is 0. The summed E-state index contributed by atoms with van der Waals surface area (Å²) in [6.45, 7) is 2.06. The van der Waals surface area contributed by atoms with Gasteiger partial charge in [-0.25, -0.2) is 0 Å². The van der Waals surface area contributed by atoms with Crippen LogP contribution in [-0.4, -0.2) is 10.5 Å². The zero-order valence-electron chi connectivity index (χ0n) is 9.85. The van der Waals surface area contributed by atoms with Crippen LogP contribution in [0.25, 0.3) is 5.53 Å². The first-order valence-corrected chi connectivity index (χ1v) is 5.77. The average Bonchev–Trinajstić information content (AvgIpc) is 2.40. The Morgan fingerprint density at radius 3 is 2.71 bits per heavy atom. The Hall–Kier alpha value is -2.12. The van der Waals surface area contributed by atoms with Crippen molar-refractivity contribution in [1.29, 1.82) is 0 Å². The van der Waals surface area contributed by atoms with Gasteiger partial charge in [0.1, 0.15) is 0 Å². The Morgan fingerprint density at radius 2 is 2.06 bits per heavy atom. The summed E-state index contributed by atoms with van der Waals surface area (Å²) in [5.41, 5.74) is 12.8. The molecule has 17 heavy (non-hydrogen) atoms. The molecule has 0 unspecified atom stereocenters. The third kappa shape index (κ3) is 2.71. The summed E-state index contributed by atoms with van der Waals surface area (Å²) in [4.78, 5) is 3.32. The number of hydrogen-bond acceptors (Lipinski definition) is 1. The van der Waals surface area contributed by atoms with Crippen LogP contribution in [-0.2, 0) is 0 Å². The van der Waals surface area contributed by atoms with E-state index in [0.717, 1.165) is 29.1 Å². The van der Waals surface area contributed by atoms with E-state index in [1.807, 2.05) is 42.5 Å². The molecule has 0 spiro atoms. The van der Waals surface area contributed by atoms with Gasteiger partial charge in [0.05, 0.1) is 6.42 Å². The Labute approximate surface area is 101 Å². The maximum absolute atomic E-state index is 8.87. The van der Waals surface area contributed by atoms with E-state index in [4.69, 9.17) is 5.53 Å². The molecule has 1 N–H and O–H groups in total. The van der Waals surface area contributed by atoms with E-state index in [2.05, 4.69) is 17.0 Å². The molecule has 3 heteroatoms. The van der Waals surface area contributed by atoms with E-state index in [-0.39, 0.29) is 0 Å². The van der Waals surface area contributed by atoms with Crippen molar-refractivity contribution < 1.29 is 4.79 Å². The van der Waals surface area contributed by atoms with E-state index < -0.39 is 0 Å². The first-order valence-electron chi connectivity index (χ1n) is 5.77. The normalized spacial score (nSPS) is 14.8. The third-order valence-corrected chi connectivity index (χ3v) is 2.78. The molecule has 0 saturated carbocycles. The number of rotatable bonds is 3. The minimum atomic E-state index is 0.672. The van der Waals surface area contributed by atoms with Crippen molar-refractivity contribution in [3.8, 4) is 0 Å². The van der Waals surface area contributed by atoms with Crippen LogP contribution in [0.5, 0.6) is 0 Å². The molecule has 0 saturated heterocycles. The summed E-state index contributed by atoms with van der Waals surface area (Å²) in [6, 6.07) is 10.0. The largest absolute Gasteiger partial charge is 0.361 e. The molecule has 0 amide bonds. The molecule has 0 atom stereocenters. The molecular formula is C14H15N3. The van der Waals surface area contributed by atoms with Crippen LogP contribution in [0.3, 0.4) is 0 Å². The zero-order valence-corrected chi connectivity index (χ0v) is 9.85. The Balaban J connectivity index is 2.17. The molecule has 1 aromatic rings. The number of benzene rings is 1. The Bertz CT molecular complexity index is 506. The number of anilines is 1. The van der Waals surface area contributed by atoms with Gasteiger partial charge in [-0.3, -0.25) is 0 Å². The molecule has 1 aliphatic carbocycles. The highest BCUT2D eigenvalue weighted by atomic mass is 14.9. The molecular weight excluding hydrogens is 210 g/mol. The van der Waals surface area contributed by atoms with Crippen molar-refractivity contribution in [2.75, 3.05) is 5.32 Å². The molecule has 0 aliphatic heterocycles. The van der Waals surface area contributed by atoms with Crippen LogP contribution in [0.1, 0.15) is 19.8 Å². The van der Waals surface area contributed by atoms with Gasteiger partial charge in [0, 0.05) is 17.0 Å². The van der Waals surface area contributed by atoms with Gasteiger partial charge >= 0.3 is 0 Å². The van der Waals surface area contributed by atoms with Gasteiger partial charge in [0.25, 0.3) is 5.71 Å². The highest BCUT2D eigenvalue weighted by Gasteiger charge is 2.17. The average molecular weight is 225 g/mol. The standard InChI is InChI=1S/C14H15N3/c1-2-11-10-13(8-9-14(11)17-15)16-12-6-4-3-5-7-12/h3-8,10,16H,2,9H2,1H3. The third-order valence-electron chi connectivity index (χ3n) is 2.78.